The van der Waals surface area contributed by atoms with Crippen LogP contribution in [0.3, 0.4) is 0 Å². The largest absolute Gasteiger partial charge is 0.462 e. The molecule has 0 aliphatic heterocycles. The quantitative estimate of drug-likeness (QED) is 0.644. The molecule has 0 aliphatic carbocycles. The highest BCUT2D eigenvalue weighted by Gasteiger charge is 2.24. The molecule has 0 aromatic heterocycles. The fourth-order valence-electron chi connectivity index (χ4n) is 1.77. The molecule has 106 valence electrons. The number of hydrogen-bond acceptors (Lipinski definition) is 3. The molecule has 1 rings (SSSR count). The van der Waals surface area contributed by atoms with E-state index in [1.54, 1.807) is 27.4 Å². The van der Waals surface area contributed by atoms with Gasteiger partial charge in [0.1, 0.15) is 13.3 Å². The Morgan fingerprint density at radius 3 is 2.37 bits per heavy atom. The highest BCUT2D eigenvalue weighted by atomic mass is 31.2. The fraction of sp³-hybridized carbons (Fsp3) is 0.500. The minimum absolute atomic E-state index is 0.165. The summed E-state index contributed by atoms with van der Waals surface area (Å²) in [4.78, 5) is 11.7. The van der Waals surface area contributed by atoms with E-state index >= 15 is 0 Å². The van der Waals surface area contributed by atoms with Crippen molar-refractivity contribution < 1.29 is 14.1 Å². The molecule has 19 heavy (non-hydrogen) atoms. The van der Waals surface area contributed by atoms with Crippen molar-refractivity contribution in [1.29, 1.82) is 0 Å². The summed E-state index contributed by atoms with van der Waals surface area (Å²) in [5.74, 6) is -0.370. The number of benzene rings is 1. The number of nitrogens with one attached hydrogen (secondary N) is 1. The van der Waals surface area contributed by atoms with Gasteiger partial charge >= 0.3 is 5.97 Å². The van der Waals surface area contributed by atoms with E-state index in [0.29, 0.717) is 6.16 Å². The second-order valence-corrected chi connectivity index (χ2v) is 7.86. The summed E-state index contributed by atoms with van der Waals surface area (Å²) < 4.78 is 17.6. The Morgan fingerprint density at radius 1 is 1.26 bits per heavy atom. The SMILES string of the molecule is CC(C)OC(=O)[C@@H](C)NP(C)(=O)Cc1ccccc1. The Morgan fingerprint density at radius 2 is 1.84 bits per heavy atom. The Bertz CT molecular complexity index is 459. The predicted molar refractivity (Wildman–Crippen MR) is 77.5 cm³/mol. The Labute approximate surface area is 115 Å². The molecule has 0 saturated carbocycles. The van der Waals surface area contributed by atoms with Crippen LogP contribution in [0, 0.1) is 0 Å². The molecule has 5 heteroatoms. The van der Waals surface area contributed by atoms with Gasteiger partial charge in [0.2, 0.25) is 0 Å². The van der Waals surface area contributed by atoms with Crippen LogP contribution in [0.2, 0.25) is 0 Å². The molecule has 1 aromatic carbocycles. The van der Waals surface area contributed by atoms with Gasteiger partial charge in [0.05, 0.1) is 6.10 Å². The molecule has 1 N–H and O–H groups in total. The normalized spacial score (nSPS) is 15.8. The number of carbonyl (C=O) groups is 1. The van der Waals surface area contributed by atoms with Gasteiger partial charge in [0, 0.05) is 12.8 Å². The number of rotatable bonds is 6. The van der Waals surface area contributed by atoms with E-state index in [-0.39, 0.29) is 12.1 Å². The maximum absolute atomic E-state index is 12.5. The zero-order chi connectivity index (χ0) is 14.5. The van der Waals surface area contributed by atoms with Crippen molar-refractivity contribution in [2.75, 3.05) is 6.66 Å². The second kappa shape index (κ2) is 6.88. The van der Waals surface area contributed by atoms with E-state index in [0.717, 1.165) is 5.56 Å². The second-order valence-electron chi connectivity index (χ2n) is 5.08. The standard InChI is InChI=1S/C14H22NO3P/c1-11(2)18-14(16)12(3)15-19(4,17)10-13-8-6-5-7-9-13/h5-9,11-12H,10H2,1-4H3,(H,15,17)/t12-,19?/m1/s1. The number of hydrogen-bond donors (Lipinski definition) is 1. The zero-order valence-corrected chi connectivity index (χ0v) is 12.8. The highest BCUT2D eigenvalue weighted by Crippen LogP contribution is 2.40. The van der Waals surface area contributed by atoms with E-state index in [1.165, 1.54) is 0 Å². The number of carbonyl (C=O) groups excluding carboxylic acids is 1. The van der Waals surface area contributed by atoms with Crippen molar-refractivity contribution >= 4 is 13.3 Å². The maximum atomic E-state index is 12.5. The minimum atomic E-state index is -2.62. The van der Waals surface area contributed by atoms with Crippen LogP contribution in [0.5, 0.6) is 0 Å². The van der Waals surface area contributed by atoms with Gasteiger partial charge in [-0.15, -0.1) is 0 Å². The van der Waals surface area contributed by atoms with Gasteiger partial charge in [-0.3, -0.25) is 9.88 Å². The third-order valence-electron chi connectivity index (χ3n) is 2.50. The van der Waals surface area contributed by atoms with Gasteiger partial charge in [-0.2, -0.15) is 0 Å². The summed E-state index contributed by atoms with van der Waals surface area (Å²) in [6.07, 6.45) is 0.259. The van der Waals surface area contributed by atoms with Crippen LogP contribution in [0.4, 0.5) is 0 Å². The van der Waals surface area contributed by atoms with Crippen LogP contribution >= 0.6 is 7.29 Å². The molecule has 0 bridgehead atoms. The molecule has 0 aliphatic rings. The monoisotopic (exact) mass is 283 g/mol. The molecule has 0 saturated heterocycles. The topological polar surface area (TPSA) is 55.4 Å². The molecule has 4 nitrogen and oxygen atoms in total. The van der Waals surface area contributed by atoms with Crippen molar-refractivity contribution in [1.82, 2.24) is 5.09 Å². The molecular weight excluding hydrogens is 261 g/mol. The molecular formula is C14H22NO3P. The lowest BCUT2D eigenvalue weighted by Crippen LogP contribution is -2.34. The number of ether oxygens (including phenoxy) is 1. The van der Waals surface area contributed by atoms with E-state index in [2.05, 4.69) is 5.09 Å². The molecule has 1 aromatic rings. The summed E-state index contributed by atoms with van der Waals surface area (Å²) in [7, 11) is -2.62. The van der Waals surface area contributed by atoms with Crippen LogP contribution in [0.1, 0.15) is 26.3 Å². The molecule has 1 unspecified atom stereocenters. The predicted octanol–water partition coefficient (Wildman–Crippen LogP) is 3.02. The van der Waals surface area contributed by atoms with Crippen LogP contribution < -0.4 is 5.09 Å². The third-order valence-corrected chi connectivity index (χ3v) is 4.40. The van der Waals surface area contributed by atoms with Gasteiger partial charge in [-0.1, -0.05) is 30.3 Å². The summed E-state index contributed by atoms with van der Waals surface area (Å²) in [5, 5.41) is 2.89. The van der Waals surface area contributed by atoms with Crippen LogP contribution in [-0.4, -0.2) is 24.8 Å². The first-order valence-electron chi connectivity index (χ1n) is 6.39. The van der Waals surface area contributed by atoms with E-state index in [1.807, 2.05) is 30.3 Å². The van der Waals surface area contributed by atoms with Gasteiger partial charge in [0.25, 0.3) is 0 Å². The van der Waals surface area contributed by atoms with Gasteiger partial charge < -0.3 is 9.30 Å². The van der Waals surface area contributed by atoms with E-state index < -0.39 is 13.3 Å². The molecule has 0 fully saturated rings. The Hall–Kier alpha value is -1.12. The minimum Gasteiger partial charge on any atom is -0.462 e. The van der Waals surface area contributed by atoms with E-state index in [4.69, 9.17) is 4.74 Å². The number of esters is 1. The molecule has 0 spiro atoms. The lowest BCUT2D eigenvalue weighted by molar-refractivity contribution is -0.148. The zero-order valence-electron chi connectivity index (χ0n) is 11.9. The van der Waals surface area contributed by atoms with Crippen LogP contribution in [0.15, 0.2) is 30.3 Å². The Balaban J connectivity index is 2.59. The molecule has 0 radical (unpaired) electrons. The smallest absolute Gasteiger partial charge is 0.323 e. The van der Waals surface area contributed by atoms with Crippen molar-refractivity contribution in [2.24, 2.45) is 0 Å². The van der Waals surface area contributed by atoms with Gasteiger partial charge in [-0.25, -0.2) is 0 Å². The lowest BCUT2D eigenvalue weighted by Gasteiger charge is -2.20. The Kier molecular flexibility index (Phi) is 5.77. The average molecular weight is 283 g/mol. The first-order chi connectivity index (χ1) is 8.80. The van der Waals surface area contributed by atoms with Crippen molar-refractivity contribution in [3.63, 3.8) is 0 Å². The summed E-state index contributed by atoms with van der Waals surface area (Å²) in [6, 6.07) is 9.02. The lowest BCUT2D eigenvalue weighted by atomic mass is 10.2. The highest BCUT2D eigenvalue weighted by molar-refractivity contribution is 7.60. The summed E-state index contributed by atoms with van der Waals surface area (Å²) >= 11 is 0. The van der Waals surface area contributed by atoms with Gasteiger partial charge in [0.15, 0.2) is 0 Å². The molecule has 2 atom stereocenters. The average Bonchev–Trinajstić information content (AvgIpc) is 2.27. The van der Waals surface area contributed by atoms with Gasteiger partial charge in [-0.05, 0) is 26.3 Å². The summed E-state index contributed by atoms with van der Waals surface area (Å²) in [5.41, 5.74) is 0.991. The first-order valence-corrected chi connectivity index (χ1v) is 8.73. The van der Waals surface area contributed by atoms with Crippen molar-refractivity contribution in [2.45, 2.75) is 39.1 Å². The van der Waals surface area contributed by atoms with Crippen molar-refractivity contribution in [3.8, 4) is 0 Å². The first kappa shape index (κ1) is 15.9. The molecule has 0 amide bonds. The van der Waals surface area contributed by atoms with Crippen LogP contribution in [0.25, 0.3) is 0 Å². The third kappa shape index (κ3) is 6.04. The fourth-order valence-corrected chi connectivity index (χ4v) is 3.70. The van der Waals surface area contributed by atoms with Crippen molar-refractivity contribution in [3.05, 3.63) is 35.9 Å². The maximum Gasteiger partial charge on any atom is 0.323 e. The summed E-state index contributed by atoms with van der Waals surface area (Å²) in [6.45, 7) is 6.91. The van der Waals surface area contributed by atoms with E-state index in [9.17, 15) is 9.36 Å². The molecule has 0 heterocycles. The van der Waals surface area contributed by atoms with Crippen LogP contribution in [-0.2, 0) is 20.3 Å².